The largest absolute Gasteiger partial charge is 0.340 e. The van der Waals surface area contributed by atoms with E-state index in [0.29, 0.717) is 0 Å². The van der Waals surface area contributed by atoms with Gasteiger partial charge in [0.1, 0.15) is 17.0 Å². The Morgan fingerprint density at radius 2 is 2.19 bits per heavy atom. The third kappa shape index (κ3) is 3.61. The van der Waals surface area contributed by atoms with Gasteiger partial charge < -0.3 is 10.2 Å². The molecule has 0 radical (unpaired) electrons. The highest BCUT2D eigenvalue weighted by Crippen LogP contribution is 2.41. The van der Waals surface area contributed by atoms with Crippen LogP contribution in [0.25, 0.3) is 10.2 Å². The summed E-state index contributed by atoms with van der Waals surface area (Å²) in [5.74, 6) is 1.19. The van der Waals surface area contributed by atoms with Gasteiger partial charge in [0, 0.05) is 35.3 Å². The number of hydrogen-bond acceptors (Lipinski definition) is 6. The standard InChI is InChI=1S/C24H27N5OS/c1-4-29(14(2)3)24(30)15-6-8-19-20(10-15)31-23-21(19)22(26-13-27-23)28-18-7-5-16-11-25-12-17(16)9-18/h5,7,9,12-15H,4,6,8,10-11H2,1-3H3,(H,26,27,28)/t15-/m0/s1. The van der Waals surface area contributed by atoms with E-state index in [1.54, 1.807) is 17.7 Å². The van der Waals surface area contributed by atoms with E-state index in [-0.39, 0.29) is 17.9 Å². The molecule has 3 aromatic rings. The summed E-state index contributed by atoms with van der Waals surface area (Å²) >= 11 is 1.71. The molecule has 1 aliphatic carbocycles. The van der Waals surface area contributed by atoms with Gasteiger partial charge in [0.05, 0.1) is 11.9 Å². The first-order valence-corrected chi connectivity index (χ1v) is 11.8. The lowest BCUT2D eigenvalue weighted by molar-refractivity contribution is -0.137. The molecule has 1 N–H and O–H groups in total. The maximum atomic E-state index is 13.1. The number of carbonyl (C=O) groups is 1. The van der Waals surface area contributed by atoms with E-state index in [4.69, 9.17) is 0 Å². The summed E-state index contributed by atoms with van der Waals surface area (Å²) in [4.78, 5) is 30.8. The monoisotopic (exact) mass is 433 g/mol. The van der Waals surface area contributed by atoms with Crippen LogP contribution in [0.3, 0.4) is 0 Å². The van der Waals surface area contributed by atoms with Crippen molar-refractivity contribution in [1.82, 2.24) is 14.9 Å². The SMILES string of the molecule is CCN(C(=O)[C@H]1CCc2c(sc3ncnc(Nc4ccc5c(c4)C=NC5)c23)C1)C(C)C. The Hall–Kier alpha value is -2.80. The van der Waals surface area contributed by atoms with E-state index in [1.165, 1.54) is 16.0 Å². The molecule has 5 rings (SSSR count). The fourth-order valence-corrected chi connectivity index (χ4v) is 6.01. The van der Waals surface area contributed by atoms with Crippen molar-refractivity contribution < 1.29 is 4.79 Å². The summed E-state index contributed by atoms with van der Waals surface area (Å²) in [5.41, 5.74) is 4.73. The van der Waals surface area contributed by atoms with Gasteiger partial charge in [-0.2, -0.15) is 0 Å². The Morgan fingerprint density at radius 1 is 1.32 bits per heavy atom. The highest BCUT2D eigenvalue weighted by atomic mass is 32.1. The van der Waals surface area contributed by atoms with Gasteiger partial charge in [-0.1, -0.05) is 6.07 Å². The van der Waals surface area contributed by atoms with E-state index < -0.39 is 0 Å². The van der Waals surface area contributed by atoms with E-state index in [1.807, 2.05) is 11.1 Å². The van der Waals surface area contributed by atoms with Crippen LogP contribution in [0, 0.1) is 5.92 Å². The number of nitrogens with zero attached hydrogens (tertiary/aromatic N) is 4. The minimum atomic E-state index is 0.0586. The summed E-state index contributed by atoms with van der Waals surface area (Å²) in [6, 6.07) is 6.57. The lowest BCUT2D eigenvalue weighted by Crippen LogP contribution is -2.42. The number of amides is 1. The average Bonchev–Trinajstić information content (AvgIpc) is 3.37. The van der Waals surface area contributed by atoms with E-state index in [2.05, 4.69) is 59.2 Å². The maximum Gasteiger partial charge on any atom is 0.226 e. The predicted molar refractivity (Wildman–Crippen MR) is 126 cm³/mol. The number of rotatable bonds is 5. The molecule has 1 amide bonds. The van der Waals surface area contributed by atoms with Crippen LogP contribution in [0.2, 0.25) is 0 Å². The topological polar surface area (TPSA) is 70.5 Å². The number of aryl methyl sites for hydroxylation is 1. The van der Waals surface area contributed by atoms with Crippen LogP contribution in [0.5, 0.6) is 0 Å². The highest BCUT2D eigenvalue weighted by molar-refractivity contribution is 7.19. The van der Waals surface area contributed by atoms with Gasteiger partial charge in [-0.3, -0.25) is 9.79 Å². The van der Waals surface area contributed by atoms with Crippen molar-refractivity contribution in [2.24, 2.45) is 10.9 Å². The maximum absolute atomic E-state index is 13.1. The molecule has 2 aromatic heterocycles. The van der Waals surface area contributed by atoms with Gasteiger partial charge in [0.15, 0.2) is 0 Å². The minimum Gasteiger partial charge on any atom is -0.340 e. The average molecular weight is 434 g/mol. The normalized spacial score (nSPS) is 17.1. The van der Waals surface area contributed by atoms with E-state index in [9.17, 15) is 4.79 Å². The summed E-state index contributed by atoms with van der Waals surface area (Å²) in [5, 5.41) is 4.62. The molecule has 2 aliphatic rings. The van der Waals surface area contributed by atoms with Crippen LogP contribution >= 0.6 is 11.3 Å². The zero-order valence-electron chi connectivity index (χ0n) is 18.2. The van der Waals surface area contributed by atoms with Crippen molar-refractivity contribution in [3.63, 3.8) is 0 Å². The predicted octanol–water partition coefficient (Wildman–Crippen LogP) is 4.73. The lowest BCUT2D eigenvalue weighted by Gasteiger charge is -2.31. The van der Waals surface area contributed by atoms with Crippen LogP contribution in [0.4, 0.5) is 11.5 Å². The molecule has 0 unspecified atom stereocenters. The van der Waals surface area contributed by atoms with Crippen molar-refractivity contribution in [2.45, 2.75) is 52.6 Å². The molecule has 1 aromatic carbocycles. The second kappa shape index (κ2) is 8.04. The molecule has 3 heterocycles. The fourth-order valence-electron chi connectivity index (χ4n) is 4.74. The molecular weight excluding hydrogens is 406 g/mol. The molecule has 31 heavy (non-hydrogen) atoms. The Morgan fingerprint density at radius 3 is 3.00 bits per heavy atom. The number of carbonyl (C=O) groups excluding carboxylic acids is 1. The molecule has 7 heteroatoms. The molecule has 6 nitrogen and oxygen atoms in total. The highest BCUT2D eigenvalue weighted by Gasteiger charge is 2.32. The zero-order chi connectivity index (χ0) is 21.5. The van der Waals surface area contributed by atoms with Crippen molar-refractivity contribution >= 4 is 45.2 Å². The quantitative estimate of drug-likeness (QED) is 0.632. The summed E-state index contributed by atoms with van der Waals surface area (Å²) < 4.78 is 0. The molecule has 1 atom stereocenters. The third-order valence-electron chi connectivity index (χ3n) is 6.34. The van der Waals surface area contributed by atoms with Crippen LogP contribution in [-0.4, -0.2) is 39.6 Å². The number of benzene rings is 1. The van der Waals surface area contributed by atoms with E-state index in [0.717, 1.165) is 59.6 Å². The van der Waals surface area contributed by atoms with Crippen LogP contribution in [-0.2, 0) is 24.2 Å². The lowest BCUT2D eigenvalue weighted by atomic mass is 9.86. The van der Waals surface area contributed by atoms with Gasteiger partial charge in [-0.05, 0) is 68.9 Å². The number of nitrogens with one attached hydrogen (secondary N) is 1. The molecule has 0 saturated heterocycles. The smallest absolute Gasteiger partial charge is 0.226 e. The number of aliphatic imine (C=N–C) groups is 1. The van der Waals surface area contributed by atoms with Crippen molar-refractivity contribution in [1.29, 1.82) is 0 Å². The van der Waals surface area contributed by atoms with Crippen LogP contribution in [0.15, 0.2) is 29.5 Å². The Labute approximate surface area is 186 Å². The molecule has 0 spiro atoms. The minimum absolute atomic E-state index is 0.0586. The van der Waals surface area contributed by atoms with Crippen molar-refractivity contribution in [3.8, 4) is 0 Å². The van der Waals surface area contributed by atoms with Crippen LogP contribution in [0.1, 0.15) is 48.8 Å². The van der Waals surface area contributed by atoms with Crippen molar-refractivity contribution in [2.75, 3.05) is 11.9 Å². The second-order valence-corrected chi connectivity index (χ2v) is 9.66. The number of thiophene rings is 1. The van der Waals surface area contributed by atoms with Crippen molar-refractivity contribution in [3.05, 3.63) is 46.1 Å². The third-order valence-corrected chi connectivity index (χ3v) is 7.50. The van der Waals surface area contributed by atoms with Gasteiger partial charge in [-0.25, -0.2) is 9.97 Å². The van der Waals surface area contributed by atoms with E-state index >= 15 is 0 Å². The molecule has 0 fully saturated rings. The summed E-state index contributed by atoms with van der Waals surface area (Å²) in [7, 11) is 0. The number of aromatic nitrogens is 2. The first-order chi connectivity index (χ1) is 15.0. The Balaban J connectivity index is 1.45. The number of fused-ring (bicyclic) bond motifs is 4. The molecule has 0 saturated carbocycles. The molecular formula is C24H27N5OS. The Bertz CT molecular complexity index is 1180. The van der Waals surface area contributed by atoms with Gasteiger partial charge >= 0.3 is 0 Å². The Kier molecular flexibility index (Phi) is 5.22. The molecule has 1 aliphatic heterocycles. The first-order valence-electron chi connectivity index (χ1n) is 11.0. The zero-order valence-corrected chi connectivity index (χ0v) is 19.0. The van der Waals surface area contributed by atoms with Gasteiger partial charge in [0.25, 0.3) is 0 Å². The molecule has 160 valence electrons. The second-order valence-electron chi connectivity index (χ2n) is 8.57. The number of anilines is 2. The number of hydrogen-bond donors (Lipinski definition) is 1. The molecule has 0 bridgehead atoms. The van der Waals surface area contributed by atoms with Gasteiger partial charge in [0.2, 0.25) is 5.91 Å². The fraction of sp³-hybridized carbons (Fsp3) is 0.417. The summed E-state index contributed by atoms with van der Waals surface area (Å²) in [6.07, 6.45) is 6.12. The summed E-state index contributed by atoms with van der Waals surface area (Å²) in [6.45, 7) is 7.76. The van der Waals surface area contributed by atoms with Crippen LogP contribution < -0.4 is 5.32 Å². The van der Waals surface area contributed by atoms with Gasteiger partial charge in [-0.15, -0.1) is 11.3 Å². The first kappa shape index (κ1) is 20.1.